The second-order valence-electron chi connectivity index (χ2n) is 5.38. The monoisotopic (exact) mass is 301 g/mol. The van der Waals surface area contributed by atoms with Crippen LogP contribution in [0.25, 0.3) is 5.69 Å². The van der Waals surface area contributed by atoms with Crippen LogP contribution in [0.5, 0.6) is 0 Å². The highest BCUT2D eigenvalue weighted by atomic mass is 16.3. The average molecular weight is 301 g/mol. The SMILES string of the molecule is CCCC(CCO)CNC(=O)c1cccc(-n2cccn2)c1. The van der Waals surface area contributed by atoms with E-state index in [4.69, 9.17) is 5.11 Å². The number of hydrogen-bond acceptors (Lipinski definition) is 3. The van der Waals surface area contributed by atoms with Crippen LogP contribution in [0.4, 0.5) is 0 Å². The Bertz CT molecular complexity index is 575. The summed E-state index contributed by atoms with van der Waals surface area (Å²) in [6.45, 7) is 2.87. The number of nitrogens with one attached hydrogen (secondary N) is 1. The van der Waals surface area contributed by atoms with E-state index in [2.05, 4.69) is 17.3 Å². The third-order valence-corrected chi connectivity index (χ3v) is 3.66. The predicted molar refractivity (Wildman–Crippen MR) is 86.0 cm³/mol. The lowest BCUT2D eigenvalue weighted by molar-refractivity contribution is 0.0943. The fourth-order valence-corrected chi connectivity index (χ4v) is 2.49. The van der Waals surface area contributed by atoms with Crippen LogP contribution in [-0.2, 0) is 0 Å². The fourth-order valence-electron chi connectivity index (χ4n) is 2.49. The van der Waals surface area contributed by atoms with Gasteiger partial charge in [-0.1, -0.05) is 19.4 Å². The molecule has 2 rings (SSSR count). The molecule has 5 heteroatoms. The van der Waals surface area contributed by atoms with E-state index in [0.29, 0.717) is 18.0 Å². The summed E-state index contributed by atoms with van der Waals surface area (Å²) in [7, 11) is 0. The first-order valence-electron chi connectivity index (χ1n) is 7.73. The van der Waals surface area contributed by atoms with Gasteiger partial charge in [0, 0.05) is 31.1 Å². The van der Waals surface area contributed by atoms with Crippen LogP contribution in [0.3, 0.4) is 0 Å². The molecule has 0 aliphatic heterocycles. The maximum atomic E-state index is 12.3. The molecule has 1 aromatic carbocycles. The predicted octanol–water partition coefficient (Wildman–Crippen LogP) is 2.40. The van der Waals surface area contributed by atoms with Gasteiger partial charge in [0.25, 0.3) is 5.91 Å². The lowest BCUT2D eigenvalue weighted by Gasteiger charge is -2.15. The van der Waals surface area contributed by atoms with Gasteiger partial charge in [0.2, 0.25) is 0 Å². The molecule has 22 heavy (non-hydrogen) atoms. The maximum absolute atomic E-state index is 12.3. The van der Waals surface area contributed by atoms with Crippen LogP contribution in [0.2, 0.25) is 0 Å². The molecule has 0 bridgehead atoms. The highest BCUT2D eigenvalue weighted by Gasteiger charge is 2.11. The van der Waals surface area contributed by atoms with Crippen molar-refractivity contribution in [3.05, 3.63) is 48.3 Å². The van der Waals surface area contributed by atoms with E-state index in [1.54, 1.807) is 16.9 Å². The Hall–Kier alpha value is -2.14. The number of hydrogen-bond donors (Lipinski definition) is 2. The lowest BCUT2D eigenvalue weighted by Crippen LogP contribution is -2.29. The number of carbonyl (C=O) groups excluding carboxylic acids is 1. The molecule has 0 radical (unpaired) electrons. The van der Waals surface area contributed by atoms with Gasteiger partial charge in [-0.05, 0) is 43.0 Å². The van der Waals surface area contributed by atoms with E-state index in [-0.39, 0.29) is 12.5 Å². The Balaban J connectivity index is 1.99. The van der Waals surface area contributed by atoms with Crippen LogP contribution >= 0.6 is 0 Å². The van der Waals surface area contributed by atoms with Gasteiger partial charge in [-0.3, -0.25) is 4.79 Å². The van der Waals surface area contributed by atoms with Crippen molar-refractivity contribution in [2.75, 3.05) is 13.2 Å². The van der Waals surface area contributed by atoms with Crippen molar-refractivity contribution in [3.63, 3.8) is 0 Å². The fraction of sp³-hybridized carbons (Fsp3) is 0.412. The number of aliphatic hydroxyl groups excluding tert-OH is 1. The molecular weight excluding hydrogens is 278 g/mol. The second kappa shape index (κ2) is 8.34. The molecule has 0 saturated heterocycles. The molecule has 1 heterocycles. The van der Waals surface area contributed by atoms with Crippen molar-refractivity contribution in [1.82, 2.24) is 15.1 Å². The van der Waals surface area contributed by atoms with Crippen molar-refractivity contribution in [2.45, 2.75) is 26.2 Å². The number of aromatic nitrogens is 2. The van der Waals surface area contributed by atoms with Gasteiger partial charge in [0.05, 0.1) is 5.69 Å². The summed E-state index contributed by atoms with van der Waals surface area (Å²) in [5.74, 6) is 0.237. The highest BCUT2D eigenvalue weighted by molar-refractivity contribution is 5.94. The van der Waals surface area contributed by atoms with Crippen LogP contribution < -0.4 is 5.32 Å². The molecule has 118 valence electrons. The first-order valence-corrected chi connectivity index (χ1v) is 7.73. The van der Waals surface area contributed by atoms with Gasteiger partial charge >= 0.3 is 0 Å². The third-order valence-electron chi connectivity index (χ3n) is 3.66. The molecule has 2 N–H and O–H groups in total. The van der Waals surface area contributed by atoms with Gasteiger partial charge in [0.1, 0.15) is 0 Å². The number of carbonyl (C=O) groups is 1. The number of nitrogens with zero attached hydrogens (tertiary/aromatic N) is 2. The molecule has 0 aliphatic carbocycles. The van der Waals surface area contributed by atoms with Gasteiger partial charge in [-0.15, -0.1) is 0 Å². The summed E-state index contributed by atoms with van der Waals surface area (Å²) >= 11 is 0. The van der Waals surface area contributed by atoms with Crippen molar-refractivity contribution >= 4 is 5.91 Å². The van der Waals surface area contributed by atoms with E-state index in [9.17, 15) is 4.79 Å². The molecular formula is C17H23N3O2. The number of amides is 1. The summed E-state index contributed by atoms with van der Waals surface area (Å²) in [6.07, 6.45) is 6.33. The Morgan fingerprint density at radius 2 is 2.23 bits per heavy atom. The number of aliphatic hydroxyl groups is 1. The smallest absolute Gasteiger partial charge is 0.251 e. The van der Waals surface area contributed by atoms with Crippen LogP contribution in [0, 0.1) is 5.92 Å². The quantitative estimate of drug-likeness (QED) is 0.787. The van der Waals surface area contributed by atoms with Crippen molar-refractivity contribution in [2.24, 2.45) is 5.92 Å². The van der Waals surface area contributed by atoms with Gasteiger partial charge in [0.15, 0.2) is 0 Å². The van der Waals surface area contributed by atoms with Crippen LogP contribution in [0.1, 0.15) is 36.5 Å². The van der Waals surface area contributed by atoms with E-state index >= 15 is 0 Å². The maximum Gasteiger partial charge on any atom is 0.251 e. The van der Waals surface area contributed by atoms with Crippen LogP contribution in [0.15, 0.2) is 42.7 Å². The Kier molecular flexibility index (Phi) is 6.15. The second-order valence-corrected chi connectivity index (χ2v) is 5.38. The number of rotatable bonds is 8. The Morgan fingerprint density at radius 1 is 1.36 bits per heavy atom. The summed E-state index contributed by atoms with van der Waals surface area (Å²) in [4.78, 5) is 12.3. The highest BCUT2D eigenvalue weighted by Crippen LogP contribution is 2.12. The topological polar surface area (TPSA) is 67.2 Å². The van der Waals surface area contributed by atoms with Gasteiger partial charge < -0.3 is 10.4 Å². The third kappa shape index (κ3) is 4.43. The lowest BCUT2D eigenvalue weighted by atomic mass is 10.00. The molecule has 5 nitrogen and oxygen atoms in total. The van der Waals surface area contributed by atoms with Crippen molar-refractivity contribution in [3.8, 4) is 5.69 Å². The normalized spacial score (nSPS) is 12.1. The first kappa shape index (κ1) is 16.2. The average Bonchev–Trinajstić information content (AvgIpc) is 3.07. The molecule has 0 aliphatic rings. The largest absolute Gasteiger partial charge is 0.396 e. The van der Waals surface area contributed by atoms with E-state index < -0.39 is 0 Å². The zero-order valence-electron chi connectivity index (χ0n) is 12.9. The van der Waals surface area contributed by atoms with Crippen molar-refractivity contribution < 1.29 is 9.90 Å². The molecule has 0 saturated carbocycles. The molecule has 0 fully saturated rings. The molecule has 2 aromatic rings. The molecule has 1 amide bonds. The van der Waals surface area contributed by atoms with E-state index in [0.717, 1.165) is 24.9 Å². The minimum atomic E-state index is -0.0898. The zero-order chi connectivity index (χ0) is 15.8. The first-order chi connectivity index (χ1) is 10.7. The minimum absolute atomic E-state index is 0.0898. The summed E-state index contributed by atoms with van der Waals surface area (Å²) < 4.78 is 1.72. The summed E-state index contributed by atoms with van der Waals surface area (Å²) in [5, 5.41) is 16.2. The van der Waals surface area contributed by atoms with Crippen molar-refractivity contribution in [1.29, 1.82) is 0 Å². The van der Waals surface area contributed by atoms with Gasteiger partial charge in [-0.25, -0.2) is 4.68 Å². The molecule has 0 spiro atoms. The molecule has 1 unspecified atom stereocenters. The molecule has 1 atom stereocenters. The molecule has 1 aromatic heterocycles. The summed E-state index contributed by atoms with van der Waals surface area (Å²) in [6, 6.07) is 9.22. The van der Waals surface area contributed by atoms with Crippen LogP contribution in [-0.4, -0.2) is 33.9 Å². The number of benzene rings is 1. The summed E-state index contributed by atoms with van der Waals surface area (Å²) in [5.41, 5.74) is 1.48. The van der Waals surface area contributed by atoms with E-state index in [1.165, 1.54) is 0 Å². The minimum Gasteiger partial charge on any atom is -0.396 e. The Labute approximate surface area is 131 Å². The zero-order valence-corrected chi connectivity index (χ0v) is 12.9. The van der Waals surface area contributed by atoms with E-state index in [1.807, 2.05) is 30.5 Å². The van der Waals surface area contributed by atoms with Gasteiger partial charge in [-0.2, -0.15) is 5.10 Å². The Morgan fingerprint density at radius 3 is 2.91 bits per heavy atom. The standard InChI is InChI=1S/C17H23N3O2/c1-2-5-14(8-11-21)13-18-17(22)15-6-3-7-16(12-15)20-10-4-9-19-20/h3-4,6-7,9-10,12,14,21H,2,5,8,11,13H2,1H3,(H,18,22).